The highest BCUT2D eigenvalue weighted by Gasteiger charge is 2.43. The minimum atomic E-state index is -3.89. The second-order valence-electron chi connectivity index (χ2n) is 6.05. The number of sulfone groups is 1. The lowest BCUT2D eigenvalue weighted by atomic mass is 10.0. The first kappa shape index (κ1) is 16.7. The van der Waals surface area contributed by atoms with Crippen LogP contribution in [0.5, 0.6) is 0 Å². The lowest BCUT2D eigenvalue weighted by Gasteiger charge is -2.33. The highest BCUT2D eigenvalue weighted by molar-refractivity contribution is 7.92. The molecule has 0 aromatic heterocycles. The predicted molar refractivity (Wildman–Crippen MR) is 75.7 cm³/mol. The second-order valence-corrected chi connectivity index (χ2v) is 9.90. The minimum Gasteiger partial charge on any atom is -0.481 e. The molecule has 0 radical (unpaired) electrons. The summed E-state index contributed by atoms with van der Waals surface area (Å²) in [6.07, 6.45) is 1.16. The molecule has 0 bridgehead atoms. The van der Waals surface area contributed by atoms with E-state index < -0.39 is 37.5 Å². The molecular formula is C11H20N2O6S2. The molecule has 2 saturated heterocycles. The molecule has 0 aromatic carbocycles. The summed E-state index contributed by atoms with van der Waals surface area (Å²) < 4.78 is 51.3. The average molecular weight is 340 g/mol. The Labute approximate surface area is 124 Å². The number of piperidine rings is 1. The highest BCUT2D eigenvalue weighted by atomic mass is 32.2. The van der Waals surface area contributed by atoms with Crippen LogP contribution < -0.4 is 4.72 Å². The third-order valence-electron chi connectivity index (χ3n) is 3.95. The lowest BCUT2D eigenvalue weighted by Crippen LogP contribution is -2.55. The van der Waals surface area contributed by atoms with E-state index in [1.54, 1.807) is 6.92 Å². The molecule has 8 nitrogen and oxygen atoms in total. The van der Waals surface area contributed by atoms with Gasteiger partial charge in [-0.2, -0.15) is 17.4 Å². The van der Waals surface area contributed by atoms with Gasteiger partial charge in [0.25, 0.3) is 10.2 Å². The number of nitrogens with zero attached hydrogens (tertiary/aromatic N) is 1. The number of nitrogens with one attached hydrogen (secondary N) is 1. The Morgan fingerprint density at radius 3 is 2.62 bits per heavy atom. The molecule has 0 aliphatic carbocycles. The molecule has 21 heavy (non-hydrogen) atoms. The highest BCUT2D eigenvalue weighted by Crippen LogP contribution is 2.26. The maximum absolute atomic E-state index is 12.4. The van der Waals surface area contributed by atoms with Crippen LogP contribution in [0.25, 0.3) is 0 Å². The van der Waals surface area contributed by atoms with Crippen LogP contribution in [0, 0.1) is 5.92 Å². The molecule has 2 N–H and O–H groups in total. The fourth-order valence-electron chi connectivity index (χ4n) is 2.83. The van der Waals surface area contributed by atoms with E-state index in [-0.39, 0.29) is 31.0 Å². The smallest absolute Gasteiger partial charge is 0.307 e. The predicted octanol–water partition coefficient (Wildman–Crippen LogP) is -0.805. The molecule has 0 amide bonds. The Bertz CT molecular complexity index is 629. The average Bonchev–Trinajstić information content (AvgIpc) is 2.62. The molecule has 0 saturated carbocycles. The van der Waals surface area contributed by atoms with Crippen molar-refractivity contribution in [2.75, 3.05) is 24.6 Å². The van der Waals surface area contributed by atoms with Gasteiger partial charge >= 0.3 is 5.97 Å². The molecule has 2 rings (SSSR count). The van der Waals surface area contributed by atoms with Crippen molar-refractivity contribution in [1.82, 2.24) is 9.03 Å². The van der Waals surface area contributed by atoms with Crippen molar-refractivity contribution in [3.8, 4) is 0 Å². The molecule has 2 unspecified atom stereocenters. The van der Waals surface area contributed by atoms with Gasteiger partial charge in [0, 0.05) is 18.6 Å². The Morgan fingerprint density at radius 1 is 1.43 bits per heavy atom. The summed E-state index contributed by atoms with van der Waals surface area (Å²) >= 11 is 0. The summed E-state index contributed by atoms with van der Waals surface area (Å²) in [4.78, 5) is 11.0. The molecule has 2 heterocycles. The van der Waals surface area contributed by atoms with Gasteiger partial charge in [0.1, 0.15) is 0 Å². The van der Waals surface area contributed by atoms with Crippen LogP contribution in [0.15, 0.2) is 0 Å². The van der Waals surface area contributed by atoms with Crippen LogP contribution in [0.4, 0.5) is 0 Å². The molecule has 2 atom stereocenters. The monoisotopic (exact) mass is 340 g/mol. The van der Waals surface area contributed by atoms with Crippen LogP contribution in [0.2, 0.25) is 0 Å². The van der Waals surface area contributed by atoms with Gasteiger partial charge in [0.2, 0.25) is 0 Å². The van der Waals surface area contributed by atoms with E-state index >= 15 is 0 Å². The first-order valence-electron chi connectivity index (χ1n) is 6.75. The van der Waals surface area contributed by atoms with Crippen LogP contribution in [0.1, 0.15) is 26.2 Å². The first-order valence-corrected chi connectivity index (χ1v) is 10.0. The molecular weight excluding hydrogens is 320 g/mol. The van der Waals surface area contributed by atoms with Gasteiger partial charge in [-0.25, -0.2) is 8.42 Å². The number of hydrogen-bond donors (Lipinski definition) is 2. The van der Waals surface area contributed by atoms with E-state index in [2.05, 4.69) is 4.72 Å². The Morgan fingerprint density at radius 2 is 2.10 bits per heavy atom. The van der Waals surface area contributed by atoms with E-state index in [4.69, 9.17) is 5.11 Å². The lowest BCUT2D eigenvalue weighted by molar-refractivity contribution is -0.142. The summed E-state index contributed by atoms with van der Waals surface area (Å²) in [5, 5.41) is 9.00. The van der Waals surface area contributed by atoms with Crippen molar-refractivity contribution >= 4 is 26.0 Å². The number of hydrogen-bond acceptors (Lipinski definition) is 5. The van der Waals surface area contributed by atoms with Crippen molar-refractivity contribution in [2.45, 2.75) is 31.7 Å². The summed E-state index contributed by atoms with van der Waals surface area (Å²) in [6.45, 7) is 1.74. The van der Waals surface area contributed by atoms with Gasteiger partial charge in [-0.15, -0.1) is 0 Å². The third-order valence-corrected chi connectivity index (χ3v) is 7.62. The zero-order valence-corrected chi connectivity index (χ0v) is 13.4. The van der Waals surface area contributed by atoms with Crippen LogP contribution in [-0.2, 0) is 24.8 Å². The van der Waals surface area contributed by atoms with Gasteiger partial charge in [-0.3, -0.25) is 4.79 Å². The van der Waals surface area contributed by atoms with Crippen molar-refractivity contribution in [3.05, 3.63) is 0 Å². The molecule has 0 aromatic rings. The van der Waals surface area contributed by atoms with Gasteiger partial charge in [0.15, 0.2) is 9.84 Å². The second kappa shape index (κ2) is 5.49. The standard InChI is InChI=1S/C11H20N2O6S2/c1-11(4-6-20(16,17)8-11)12-21(18,19)13-5-2-3-9(7-13)10(14)15/h9,12H,2-8H2,1H3,(H,14,15). The van der Waals surface area contributed by atoms with E-state index in [9.17, 15) is 21.6 Å². The summed E-state index contributed by atoms with van der Waals surface area (Å²) in [7, 11) is -7.11. The van der Waals surface area contributed by atoms with E-state index in [1.807, 2.05) is 0 Å². The maximum atomic E-state index is 12.4. The fraction of sp³-hybridized carbons (Fsp3) is 0.909. The molecule has 122 valence electrons. The van der Waals surface area contributed by atoms with Gasteiger partial charge in [0.05, 0.1) is 17.4 Å². The SMILES string of the molecule is CC1(NS(=O)(=O)N2CCCC(C(=O)O)C2)CCS(=O)(=O)C1. The van der Waals surface area contributed by atoms with Crippen LogP contribution >= 0.6 is 0 Å². The molecule has 2 aliphatic heterocycles. The minimum absolute atomic E-state index is 0.0379. The van der Waals surface area contributed by atoms with Gasteiger partial charge in [-0.1, -0.05) is 0 Å². The van der Waals surface area contributed by atoms with Gasteiger partial charge < -0.3 is 5.11 Å². The maximum Gasteiger partial charge on any atom is 0.307 e. The third kappa shape index (κ3) is 3.93. The molecule has 2 fully saturated rings. The number of rotatable bonds is 4. The van der Waals surface area contributed by atoms with Crippen LogP contribution in [0.3, 0.4) is 0 Å². The number of carboxylic acid groups (broad SMARTS) is 1. The normalized spacial score (nSPS) is 33.9. The quantitative estimate of drug-likeness (QED) is 0.691. The van der Waals surface area contributed by atoms with Crippen molar-refractivity contribution < 1.29 is 26.7 Å². The van der Waals surface area contributed by atoms with E-state index in [1.165, 1.54) is 0 Å². The number of carbonyl (C=O) groups is 1. The van der Waals surface area contributed by atoms with Crippen LogP contribution in [-0.4, -0.2) is 62.4 Å². The fourth-order valence-corrected chi connectivity index (χ4v) is 6.69. The molecule has 10 heteroatoms. The zero-order chi connectivity index (χ0) is 15.9. The Balaban J connectivity index is 2.10. The van der Waals surface area contributed by atoms with E-state index in [0.29, 0.717) is 12.8 Å². The summed E-state index contributed by atoms with van der Waals surface area (Å²) in [6, 6.07) is 0. The van der Waals surface area contributed by atoms with E-state index in [0.717, 1.165) is 4.31 Å². The van der Waals surface area contributed by atoms with Crippen molar-refractivity contribution in [2.24, 2.45) is 5.92 Å². The topological polar surface area (TPSA) is 121 Å². The largest absolute Gasteiger partial charge is 0.481 e. The Hall–Kier alpha value is -0.710. The van der Waals surface area contributed by atoms with Gasteiger partial charge in [-0.05, 0) is 26.2 Å². The van der Waals surface area contributed by atoms with Crippen molar-refractivity contribution in [1.29, 1.82) is 0 Å². The zero-order valence-electron chi connectivity index (χ0n) is 11.8. The molecule has 0 spiro atoms. The number of aliphatic carboxylic acids is 1. The first-order chi connectivity index (χ1) is 9.53. The Kier molecular flexibility index (Phi) is 4.35. The summed E-state index contributed by atoms with van der Waals surface area (Å²) in [5.74, 6) is -1.99. The summed E-state index contributed by atoms with van der Waals surface area (Å²) in [5.41, 5.74) is -1.02. The molecule has 2 aliphatic rings. The number of carboxylic acids is 1. The van der Waals surface area contributed by atoms with Crippen molar-refractivity contribution in [3.63, 3.8) is 0 Å².